The first kappa shape index (κ1) is 32.9. The van der Waals surface area contributed by atoms with Crippen LogP contribution in [0.5, 0.6) is 0 Å². The molecule has 0 saturated heterocycles. The molecular formula is C54H41N. The molecule has 0 radical (unpaired) electrons. The third-order valence-corrected chi connectivity index (χ3v) is 11.8. The quantitative estimate of drug-likeness (QED) is 0.167. The summed E-state index contributed by atoms with van der Waals surface area (Å²) in [7, 11) is 0. The Kier molecular flexibility index (Phi) is 7.78. The Morgan fingerprint density at radius 1 is 0.382 bits per heavy atom. The average Bonchev–Trinajstić information content (AvgIpc) is 3.47. The van der Waals surface area contributed by atoms with Crippen molar-refractivity contribution in [3.8, 4) is 44.5 Å². The average molecular weight is 704 g/mol. The van der Waals surface area contributed by atoms with Crippen molar-refractivity contribution in [2.24, 2.45) is 0 Å². The lowest BCUT2D eigenvalue weighted by molar-refractivity contribution is 0.660. The first-order valence-electron chi connectivity index (χ1n) is 19.3. The number of benzene rings is 9. The maximum absolute atomic E-state index is 2.49. The minimum Gasteiger partial charge on any atom is -0.310 e. The molecule has 0 heterocycles. The molecule has 1 aliphatic rings. The molecule has 9 aromatic rings. The van der Waals surface area contributed by atoms with Crippen molar-refractivity contribution in [2.75, 3.05) is 4.90 Å². The summed E-state index contributed by atoms with van der Waals surface area (Å²) in [6.07, 6.45) is 0. The van der Waals surface area contributed by atoms with Crippen molar-refractivity contribution in [2.45, 2.75) is 26.2 Å². The molecule has 0 spiro atoms. The number of aryl methyl sites for hydroxylation is 1. The summed E-state index contributed by atoms with van der Waals surface area (Å²) in [6, 6.07) is 71.6. The molecular weight excluding hydrogens is 663 g/mol. The minimum absolute atomic E-state index is 0.133. The van der Waals surface area contributed by atoms with E-state index >= 15 is 0 Å². The van der Waals surface area contributed by atoms with Crippen LogP contribution in [0.3, 0.4) is 0 Å². The highest BCUT2D eigenvalue weighted by Crippen LogP contribution is 2.53. The van der Waals surface area contributed by atoms with Gasteiger partial charge in [0.1, 0.15) is 0 Å². The van der Waals surface area contributed by atoms with Crippen LogP contribution in [0, 0.1) is 6.92 Å². The van der Waals surface area contributed by atoms with E-state index in [1.54, 1.807) is 0 Å². The van der Waals surface area contributed by atoms with Crippen LogP contribution in [0.1, 0.15) is 30.5 Å². The third kappa shape index (κ3) is 5.38. The summed E-state index contributed by atoms with van der Waals surface area (Å²) in [5.74, 6) is 0. The molecule has 10 rings (SSSR count). The van der Waals surface area contributed by atoms with Crippen molar-refractivity contribution in [3.63, 3.8) is 0 Å². The Bertz CT molecular complexity index is 2890. The van der Waals surface area contributed by atoms with E-state index in [-0.39, 0.29) is 5.41 Å². The number of hydrogen-bond acceptors (Lipinski definition) is 1. The molecule has 0 unspecified atom stereocenters. The SMILES string of the molecule is Cc1ccc(-c2c(-c3cccc4ccccc34)cccc2N(c2ccc(-c3ccccc3)cc2)c2ccc3c(c2)C(C)(C)c2ccccc2-3)c2ccccc12. The van der Waals surface area contributed by atoms with Gasteiger partial charge >= 0.3 is 0 Å². The molecule has 0 fully saturated rings. The van der Waals surface area contributed by atoms with Gasteiger partial charge < -0.3 is 4.90 Å². The smallest absolute Gasteiger partial charge is 0.0546 e. The van der Waals surface area contributed by atoms with Crippen LogP contribution < -0.4 is 4.90 Å². The lowest BCUT2D eigenvalue weighted by atomic mass is 9.82. The topological polar surface area (TPSA) is 3.24 Å². The van der Waals surface area contributed by atoms with Gasteiger partial charge in [0, 0.05) is 22.4 Å². The van der Waals surface area contributed by atoms with Crippen LogP contribution in [0.2, 0.25) is 0 Å². The molecule has 9 aromatic carbocycles. The van der Waals surface area contributed by atoms with Crippen molar-refractivity contribution in [1.29, 1.82) is 0 Å². The molecule has 0 amide bonds. The van der Waals surface area contributed by atoms with Crippen LogP contribution in [0.4, 0.5) is 17.1 Å². The summed E-state index contributed by atoms with van der Waals surface area (Å²) in [4.78, 5) is 2.49. The molecule has 0 aromatic heterocycles. The molecule has 1 nitrogen and oxygen atoms in total. The molecule has 0 N–H and O–H groups in total. The summed E-state index contributed by atoms with van der Waals surface area (Å²) >= 11 is 0. The Morgan fingerprint density at radius 3 is 1.80 bits per heavy atom. The predicted molar refractivity (Wildman–Crippen MR) is 235 cm³/mol. The number of nitrogens with zero attached hydrogens (tertiary/aromatic N) is 1. The number of rotatable bonds is 6. The van der Waals surface area contributed by atoms with Crippen LogP contribution in [-0.2, 0) is 5.41 Å². The first-order valence-corrected chi connectivity index (χ1v) is 19.3. The van der Waals surface area contributed by atoms with E-state index in [1.165, 1.54) is 82.7 Å². The van der Waals surface area contributed by atoms with E-state index in [1.807, 2.05) is 0 Å². The van der Waals surface area contributed by atoms with Gasteiger partial charge in [0.05, 0.1) is 5.69 Å². The minimum atomic E-state index is -0.133. The van der Waals surface area contributed by atoms with Gasteiger partial charge in [-0.05, 0) is 114 Å². The molecule has 55 heavy (non-hydrogen) atoms. The monoisotopic (exact) mass is 703 g/mol. The fourth-order valence-electron chi connectivity index (χ4n) is 9.05. The first-order chi connectivity index (χ1) is 27.0. The van der Waals surface area contributed by atoms with Crippen molar-refractivity contribution in [3.05, 3.63) is 211 Å². The maximum Gasteiger partial charge on any atom is 0.0546 e. The van der Waals surface area contributed by atoms with Gasteiger partial charge in [-0.1, -0.05) is 178 Å². The van der Waals surface area contributed by atoms with Gasteiger partial charge in [-0.3, -0.25) is 0 Å². The second kappa shape index (κ2) is 13.0. The fourth-order valence-corrected chi connectivity index (χ4v) is 9.05. The van der Waals surface area contributed by atoms with E-state index < -0.39 is 0 Å². The highest BCUT2D eigenvalue weighted by molar-refractivity contribution is 6.10. The molecule has 1 heteroatoms. The highest BCUT2D eigenvalue weighted by Gasteiger charge is 2.36. The zero-order valence-corrected chi connectivity index (χ0v) is 31.4. The van der Waals surface area contributed by atoms with E-state index in [0.29, 0.717) is 0 Å². The zero-order chi connectivity index (χ0) is 37.1. The second-order valence-corrected chi connectivity index (χ2v) is 15.4. The predicted octanol–water partition coefficient (Wildman–Crippen LogP) is 15.1. The lowest BCUT2D eigenvalue weighted by Gasteiger charge is -2.31. The normalized spacial score (nSPS) is 12.8. The van der Waals surface area contributed by atoms with Crippen molar-refractivity contribution < 1.29 is 0 Å². The van der Waals surface area contributed by atoms with E-state index in [2.05, 4.69) is 220 Å². The number of anilines is 3. The molecule has 0 bridgehead atoms. The largest absolute Gasteiger partial charge is 0.310 e. The maximum atomic E-state index is 2.49. The van der Waals surface area contributed by atoms with Gasteiger partial charge in [-0.15, -0.1) is 0 Å². The van der Waals surface area contributed by atoms with Crippen LogP contribution in [0.25, 0.3) is 66.1 Å². The van der Waals surface area contributed by atoms with E-state index in [9.17, 15) is 0 Å². The van der Waals surface area contributed by atoms with Gasteiger partial charge in [-0.25, -0.2) is 0 Å². The summed E-state index contributed by atoms with van der Waals surface area (Å²) in [5, 5.41) is 5.00. The molecule has 1 aliphatic carbocycles. The Hall–Kier alpha value is -6.70. The molecule has 0 saturated carbocycles. The Morgan fingerprint density at radius 2 is 0.964 bits per heavy atom. The summed E-state index contributed by atoms with van der Waals surface area (Å²) in [6.45, 7) is 6.95. The Balaban J connectivity index is 1.28. The van der Waals surface area contributed by atoms with Gasteiger partial charge in [0.25, 0.3) is 0 Å². The van der Waals surface area contributed by atoms with Crippen LogP contribution >= 0.6 is 0 Å². The van der Waals surface area contributed by atoms with Crippen molar-refractivity contribution in [1.82, 2.24) is 0 Å². The number of hydrogen-bond donors (Lipinski definition) is 0. The van der Waals surface area contributed by atoms with Gasteiger partial charge in [0.15, 0.2) is 0 Å². The third-order valence-electron chi connectivity index (χ3n) is 11.8. The lowest BCUT2D eigenvalue weighted by Crippen LogP contribution is -2.17. The van der Waals surface area contributed by atoms with E-state index in [0.717, 1.165) is 17.1 Å². The standard InChI is InChI=1S/C54H41N/c1-36-27-33-49(44-21-10-9-19-42(36)44)53-48(45-23-13-18-39-17-7-8-20-43(39)45)24-14-26-52(53)55(40-30-28-38(29-31-40)37-15-5-4-6-16-37)41-32-34-47-46-22-11-12-25-50(46)54(2,3)51(47)35-41/h4-35H,1-3H3. The van der Waals surface area contributed by atoms with E-state index in [4.69, 9.17) is 0 Å². The molecule has 262 valence electrons. The Labute approximate surface area is 323 Å². The van der Waals surface area contributed by atoms with Gasteiger partial charge in [-0.2, -0.15) is 0 Å². The summed E-state index contributed by atoms with van der Waals surface area (Å²) < 4.78 is 0. The van der Waals surface area contributed by atoms with Gasteiger partial charge in [0.2, 0.25) is 0 Å². The van der Waals surface area contributed by atoms with Crippen molar-refractivity contribution >= 4 is 38.6 Å². The highest BCUT2D eigenvalue weighted by atomic mass is 15.1. The number of fused-ring (bicyclic) bond motifs is 5. The zero-order valence-electron chi connectivity index (χ0n) is 31.4. The molecule has 0 atom stereocenters. The second-order valence-electron chi connectivity index (χ2n) is 15.4. The van der Waals surface area contributed by atoms with Crippen LogP contribution in [0.15, 0.2) is 194 Å². The van der Waals surface area contributed by atoms with Crippen LogP contribution in [-0.4, -0.2) is 0 Å². The molecule has 0 aliphatic heterocycles. The summed E-state index contributed by atoms with van der Waals surface area (Å²) in [5.41, 5.74) is 17.2. The fraction of sp³-hybridized carbons (Fsp3) is 0.0741.